The van der Waals surface area contributed by atoms with Gasteiger partial charge in [0.1, 0.15) is 17.4 Å². The molecule has 1 aliphatic carbocycles. The van der Waals surface area contributed by atoms with Crippen LogP contribution in [0.3, 0.4) is 0 Å². The highest BCUT2D eigenvalue weighted by atomic mass is 35.5. The summed E-state index contributed by atoms with van der Waals surface area (Å²) in [6.45, 7) is 0.639. The van der Waals surface area contributed by atoms with E-state index in [2.05, 4.69) is 9.88 Å². The largest absolute Gasteiger partial charge is 0.467 e. The average Bonchev–Trinajstić information content (AvgIpc) is 3.13. The van der Waals surface area contributed by atoms with Crippen molar-refractivity contribution in [1.82, 2.24) is 4.98 Å². The number of pyridine rings is 1. The van der Waals surface area contributed by atoms with Crippen LogP contribution in [0.25, 0.3) is 0 Å². The maximum Gasteiger partial charge on any atom is 0.141 e. The minimum absolute atomic E-state index is 0.251. The first-order valence-corrected chi connectivity index (χ1v) is 6.81. The molecule has 3 rings (SSSR count). The summed E-state index contributed by atoms with van der Waals surface area (Å²) in [6, 6.07) is 5.69. The third kappa shape index (κ3) is 2.73. The van der Waals surface area contributed by atoms with Gasteiger partial charge in [0.05, 0.1) is 24.9 Å². The highest BCUT2D eigenvalue weighted by Gasteiger charge is 2.31. The van der Waals surface area contributed by atoms with Gasteiger partial charge in [0.2, 0.25) is 0 Å². The van der Waals surface area contributed by atoms with E-state index in [0.29, 0.717) is 12.6 Å². The molecule has 0 unspecified atom stereocenters. The smallest absolute Gasteiger partial charge is 0.141 e. The molecule has 2 aromatic heterocycles. The van der Waals surface area contributed by atoms with Gasteiger partial charge in [-0.15, -0.1) is 11.6 Å². The van der Waals surface area contributed by atoms with Crippen LogP contribution in [0.5, 0.6) is 0 Å². The lowest BCUT2D eigenvalue weighted by atomic mass is 10.2. The van der Waals surface area contributed by atoms with Gasteiger partial charge in [-0.1, -0.05) is 0 Å². The maximum atomic E-state index is 13.2. The molecule has 1 aliphatic rings. The molecule has 100 valence electrons. The van der Waals surface area contributed by atoms with Crippen LogP contribution in [-0.4, -0.2) is 11.0 Å². The van der Waals surface area contributed by atoms with E-state index in [-0.39, 0.29) is 11.7 Å². The zero-order chi connectivity index (χ0) is 13.2. The Bertz CT molecular complexity index is 555. The molecule has 0 aliphatic heterocycles. The molecule has 2 aromatic rings. The molecule has 1 fully saturated rings. The van der Waals surface area contributed by atoms with Gasteiger partial charge >= 0.3 is 0 Å². The number of hydrogen-bond acceptors (Lipinski definition) is 3. The zero-order valence-electron chi connectivity index (χ0n) is 10.4. The van der Waals surface area contributed by atoms with E-state index in [1.807, 2.05) is 12.1 Å². The molecule has 3 nitrogen and oxygen atoms in total. The lowest BCUT2D eigenvalue weighted by Crippen LogP contribution is -2.27. The van der Waals surface area contributed by atoms with Crippen LogP contribution in [0.4, 0.5) is 10.2 Å². The number of halogens is 2. The Kier molecular flexibility index (Phi) is 3.42. The minimum Gasteiger partial charge on any atom is -0.467 e. The third-order valence-corrected chi connectivity index (χ3v) is 3.51. The Morgan fingerprint density at radius 1 is 1.47 bits per heavy atom. The Morgan fingerprint density at radius 2 is 2.32 bits per heavy atom. The van der Waals surface area contributed by atoms with E-state index in [1.54, 1.807) is 6.26 Å². The molecule has 0 saturated heterocycles. The first kappa shape index (κ1) is 12.5. The second-order valence-corrected chi connectivity index (χ2v) is 4.98. The van der Waals surface area contributed by atoms with Crippen molar-refractivity contribution < 1.29 is 8.81 Å². The van der Waals surface area contributed by atoms with Gasteiger partial charge in [-0.25, -0.2) is 9.37 Å². The molecular weight excluding hydrogens is 267 g/mol. The van der Waals surface area contributed by atoms with Crippen molar-refractivity contribution >= 4 is 17.4 Å². The van der Waals surface area contributed by atoms with E-state index in [1.165, 1.54) is 12.3 Å². The van der Waals surface area contributed by atoms with Crippen molar-refractivity contribution in [3.8, 4) is 0 Å². The number of rotatable bonds is 5. The van der Waals surface area contributed by atoms with Gasteiger partial charge in [-0.05, 0) is 31.0 Å². The van der Waals surface area contributed by atoms with E-state index in [9.17, 15) is 4.39 Å². The van der Waals surface area contributed by atoms with Gasteiger partial charge in [0, 0.05) is 11.6 Å². The van der Waals surface area contributed by atoms with Crippen LogP contribution in [0, 0.1) is 5.82 Å². The highest BCUT2D eigenvalue weighted by molar-refractivity contribution is 6.17. The SMILES string of the molecule is Fc1cnc(N(Cc2ccco2)C2CC2)c(CCl)c1. The van der Waals surface area contributed by atoms with E-state index in [4.69, 9.17) is 16.0 Å². The summed E-state index contributed by atoms with van der Waals surface area (Å²) in [5, 5.41) is 0. The van der Waals surface area contributed by atoms with Gasteiger partial charge < -0.3 is 9.32 Å². The summed E-state index contributed by atoms with van der Waals surface area (Å²) in [5.41, 5.74) is 0.722. The molecular formula is C14H14ClFN2O. The summed E-state index contributed by atoms with van der Waals surface area (Å²) in [7, 11) is 0. The molecule has 0 atom stereocenters. The average molecular weight is 281 g/mol. The first-order valence-electron chi connectivity index (χ1n) is 6.27. The third-order valence-electron chi connectivity index (χ3n) is 3.22. The maximum absolute atomic E-state index is 13.2. The second-order valence-electron chi connectivity index (χ2n) is 4.71. The highest BCUT2D eigenvalue weighted by Crippen LogP contribution is 2.34. The number of nitrogens with zero attached hydrogens (tertiary/aromatic N) is 2. The van der Waals surface area contributed by atoms with Gasteiger partial charge in [-0.2, -0.15) is 0 Å². The van der Waals surface area contributed by atoms with Crippen molar-refractivity contribution in [2.45, 2.75) is 31.3 Å². The molecule has 19 heavy (non-hydrogen) atoms. The van der Waals surface area contributed by atoms with E-state index >= 15 is 0 Å². The number of furan rings is 1. The summed E-state index contributed by atoms with van der Waals surface area (Å²) in [6.07, 6.45) is 5.15. The van der Waals surface area contributed by atoms with Crippen LogP contribution < -0.4 is 4.90 Å². The van der Waals surface area contributed by atoms with Crippen LogP contribution in [-0.2, 0) is 12.4 Å². The second kappa shape index (κ2) is 5.21. The Hall–Kier alpha value is -1.55. The number of aromatic nitrogens is 1. The fraction of sp³-hybridized carbons (Fsp3) is 0.357. The Balaban J connectivity index is 1.91. The van der Waals surface area contributed by atoms with Gasteiger partial charge in [-0.3, -0.25) is 0 Å². The summed E-state index contributed by atoms with van der Waals surface area (Å²) >= 11 is 5.90. The van der Waals surface area contributed by atoms with Crippen LogP contribution in [0.2, 0.25) is 0 Å². The summed E-state index contributed by atoms with van der Waals surface area (Å²) < 4.78 is 18.6. The minimum atomic E-state index is -0.354. The van der Waals surface area contributed by atoms with E-state index in [0.717, 1.165) is 30.0 Å². The van der Waals surface area contributed by atoms with Crippen molar-refractivity contribution in [3.05, 3.63) is 47.8 Å². The van der Waals surface area contributed by atoms with Crippen molar-refractivity contribution in [1.29, 1.82) is 0 Å². The summed E-state index contributed by atoms with van der Waals surface area (Å²) in [4.78, 5) is 6.36. The fourth-order valence-corrected chi connectivity index (χ4v) is 2.36. The molecule has 1 saturated carbocycles. The summed E-state index contributed by atoms with van der Waals surface area (Å²) in [5.74, 6) is 1.53. The predicted molar refractivity (Wildman–Crippen MR) is 71.7 cm³/mol. The number of alkyl halides is 1. The standard InChI is InChI=1S/C14H14ClFN2O/c15-7-10-6-11(16)8-17-14(10)18(12-3-4-12)9-13-2-1-5-19-13/h1-2,5-6,8,12H,3-4,7,9H2. The molecule has 0 bridgehead atoms. The van der Waals surface area contributed by atoms with Gasteiger partial charge in [0.15, 0.2) is 0 Å². The number of hydrogen-bond donors (Lipinski definition) is 0. The van der Waals surface area contributed by atoms with Crippen LogP contribution in [0.1, 0.15) is 24.2 Å². The predicted octanol–water partition coefficient (Wildman–Crippen LogP) is 3.72. The van der Waals surface area contributed by atoms with Gasteiger partial charge in [0.25, 0.3) is 0 Å². The molecule has 0 aromatic carbocycles. The normalized spacial score (nSPS) is 14.6. The lowest BCUT2D eigenvalue weighted by Gasteiger charge is -2.24. The molecule has 0 spiro atoms. The quantitative estimate of drug-likeness (QED) is 0.782. The molecule has 2 heterocycles. The Morgan fingerprint density at radius 3 is 2.95 bits per heavy atom. The van der Waals surface area contributed by atoms with E-state index < -0.39 is 0 Å². The molecule has 0 amide bonds. The fourth-order valence-electron chi connectivity index (χ4n) is 2.16. The monoisotopic (exact) mass is 280 g/mol. The Labute approximate surface area is 116 Å². The first-order chi connectivity index (χ1) is 9.28. The van der Waals surface area contributed by atoms with Crippen molar-refractivity contribution in [3.63, 3.8) is 0 Å². The van der Waals surface area contributed by atoms with Crippen molar-refractivity contribution in [2.75, 3.05) is 4.90 Å². The van der Waals surface area contributed by atoms with Crippen LogP contribution in [0.15, 0.2) is 35.1 Å². The topological polar surface area (TPSA) is 29.3 Å². The number of anilines is 1. The lowest BCUT2D eigenvalue weighted by molar-refractivity contribution is 0.499. The molecule has 0 radical (unpaired) electrons. The molecule has 5 heteroatoms. The van der Waals surface area contributed by atoms with Crippen molar-refractivity contribution in [2.24, 2.45) is 0 Å². The van der Waals surface area contributed by atoms with Crippen LogP contribution >= 0.6 is 11.6 Å². The molecule has 0 N–H and O–H groups in total. The zero-order valence-corrected chi connectivity index (χ0v) is 11.1.